The van der Waals surface area contributed by atoms with Crippen LogP contribution in [0.1, 0.15) is 18.9 Å². The van der Waals surface area contributed by atoms with E-state index in [0.717, 1.165) is 12.8 Å². The van der Waals surface area contributed by atoms with Crippen LogP contribution in [0.3, 0.4) is 0 Å². The molecular formula is C14H19N5O. The van der Waals surface area contributed by atoms with Gasteiger partial charge in [0.1, 0.15) is 0 Å². The van der Waals surface area contributed by atoms with Crippen molar-refractivity contribution in [2.45, 2.75) is 25.8 Å². The first-order chi connectivity index (χ1) is 9.67. The van der Waals surface area contributed by atoms with Gasteiger partial charge < -0.3 is 15.8 Å². The van der Waals surface area contributed by atoms with E-state index >= 15 is 0 Å². The van der Waals surface area contributed by atoms with Crippen molar-refractivity contribution in [2.75, 3.05) is 18.2 Å². The Morgan fingerprint density at radius 3 is 2.65 bits per heavy atom. The number of anilines is 2. The summed E-state index contributed by atoms with van der Waals surface area (Å²) in [6, 6.07) is 10.8. The molecule has 1 heterocycles. The van der Waals surface area contributed by atoms with Gasteiger partial charge in [0, 0.05) is 6.04 Å². The van der Waals surface area contributed by atoms with Crippen LogP contribution in [-0.4, -0.2) is 28.1 Å². The number of ether oxygens (including phenoxy) is 1. The highest BCUT2D eigenvalue weighted by Crippen LogP contribution is 2.11. The van der Waals surface area contributed by atoms with Crippen LogP contribution in [0.4, 0.5) is 11.9 Å². The number of hydrogen-bond acceptors (Lipinski definition) is 6. The molecule has 1 aromatic heterocycles. The molecule has 0 amide bonds. The molecule has 106 valence electrons. The average Bonchev–Trinajstić information content (AvgIpc) is 2.45. The fourth-order valence-corrected chi connectivity index (χ4v) is 1.85. The van der Waals surface area contributed by atoms with Crippen molar-refractivity contribution in [2.24, 2.45) is 0 Å². The van der Waals surface area contributed by atoms with Crippen molar-refractivity contribution in [3.8, 4) is 6.01 Å². The molecular weight excluding hydrogens is 254 g/mol. The maximum absolute atomic E-state index is 5.59. The molecule has 1 aromatic carbocycles. The van der Waals surface area contributed by atoms with E-state index in [2.05, 4.69) is 39.3 Å². The zero-order valence-corrected chi connectivity index (χ0v) is 11.7. The minimum atomic E-state index is 0.148. The number of aromatic nitrogens is 3. The Balaban J connectivity index is 1.91. The summed E-state index contributed by atoms with van der Waals surface area (Å²) in [5.74, 6) is 0.588. The van der Waals surface area contributed by atoms with Crippen molar-refractivity contribution in [1.29, 1.82) is 0 Å². The fraction of sp³-hybridized carbons (Fsp3) is 0.357. The predicted octanol–water partition coefficient (Wildman–Crippen LogP) is 1.90. The molecule has 2 aromatic rings. The summed E-state index contributed by atoms with van der Waals surface area (Å²) >= 11 is 0. The molecule has 3 N–H and O–H groups in total. The second kappa shape index (κ2) is 6.70. The van der Waals surface area contributed by atoms with Gasteiger partial charge in [-0.2, -0.15) is 15.0 Å². The van der Waals surface area contributed by atoms with Gasteiger partial charge in [-0.25, -0.2) is 0 Å². The van der Waals surface area contributed by atoms with Crippen molar-refractivity contribution in [3.63, 3.8) is 0 Å². The van der Waals surface area contributed by atoms with Gasteiger partial charge in [-0.05, 0) is 25.3 Å². The molecule has 1 unspecified atom stereocenters. The lowest BCUT2D eigenvalue weighted by molar-refractivity contribution is 0.379. The maximum atomic E-state index is 5.59. The summed E-state index contributed by atoms with van der Waals surface area (Å²) in [5.41, 5.74) is 6.91. The molecule has 6 heteroatoms. The first-order valence-electron chi connectivity index (χ1n) is 6.53. The van der Waals surface area contributed by atoms with E-state index in [0.29, 0.717) is 5.95 Å². The number of nitrogens with two attached hydrogens (primary N) is 1. The third-order valence-electron chi connectivity index (χ3n) is 2.90. The smallest absolute Gasteiger partial charge is 0.322 e. The van der Waals surface area contributed by atoms with Crippen LogP contribution in [0.5, 0.6) is 6.01 Å². The number of hydrogen-bond donors (Lipinski definition) is 2. The third-order valence-corrected chi connectivity index (χ3v) is 2.90. The molecule has 0 saturated carbocycles. The van der Waals surface area contributed by atoms with E-state index in [-0.39, 0.29) is 18.0 Å². The van der Waals surface area contributed by atoms with Gasteiger partial charge in [0.15, 0.2) is 0 Å². The number of nitrogen functional groups attached to an aromatic ring is 1. The molecule has 20 heavy (non-hydrogen) atoms. The SMILES string of the molecule is COc1nc(N)nc(NC(C)CCc2ccccc2)n1. The Hall–Kier alpha value is -2.37. The molecule has 0 aliphatic heterocycles. The van der Waals surface area contributed by atoms with Gasteiger partial charge in [0.25, 0.3) is 0 Å². The lowest BCUT2D eigenvalue weighted by Crippen LogP contribution is -2.19. The van der Waals surface area contributed by atoms with Crippen molar-refractivity contribution in [3.05, 3.63) is 35.9 Å². The molecule has 2 rings (SSSR count). The summed E-state index contributed by atoms with van der Waals surface area (Å²) in [4.78, 5) is 12.0. The Morgan fingerprint density at radius 1 is 1.20 bits per heavy atom. The summed E-state index contributed by atoms with van der Waals surface area (Å²) in [5, 5.41) is 3.21. The quantitative estimate of drug-likeness (QED) is 0.836. The lowest BCUT2D eigenvalue weighted by Gasteiger charge is -2.14. The van der Waals surface area contributed by atoms with Gasteiger partial charge in [-0.15, -0.1) is 0 Å². The van der Waals surface area contributed by atoms with E-state index in [1.807, 2.05) is 18.2 Å². The van der Waals surface area contributed by atoms with Gasteiger partial charge in [-0.1, -0.05) is 30.3 Å². The molecule has 0 bridgehead atoms. The summed E-state index contributed by atoms with van der Waals surface area (Å²) in [7, 11) is 1.50. The summed E-state index contributed by atoms with van der Waals surface area (Å²) < 4.78 is 4.96. The zero-order valence-electron chi connectivity index (χ0n) is 11.7. The first kappa shape index (κ1) is 14.0. The second-order valence-electron chi connectivity index (χ2n) is 4.57. The van der Waals surface area contributed by atoms with Gasteiger partial charge in [-0.3, -0.25) is 0 Å². The molecule has 6 nitrogen and oxygen atoms in total. The third kappa shape index (κ3) is 4.08. The van der Waals surface area contributed by atoms with Gasteiger partial charge >= 0.3 is 6.01 Å². The Bertz CT molecular complexity index is 547. The van der Waals surface area contributed by atoms with E-state index < -0.39 is 0 Å². The monoisotopic (exact) mass is 273 g/mol. The zero-order chi connectivity index (χ0) is 14.4. The highest BCUT2D eigenvalue weighted by molar-refractivity contribution is 5.33. The number of methoxy groups -OCH3 is 1. The maximum Gasteiger partial charge on any atom is 0.322 e. The van der Waals surface area contributed by atoms with Crippen LogP contribution in [-0.2, 0) is 6.42 Å². The van der Waals surface area contributed by atoms with Crippen LogP contribution >= 0.6 is 0 Å². The first-order valence-corrected chi connectivity index (χ1v) is 6.53. The highest BCUT2D eigenvalue weighted by Gasteiger charge is 2.08. The molecule has 0 fully saturated rings. The second-order valence-corrected chi connectivity index (χ2v) is 4.57. The van der Waals surface area contributed by atoms with Crippen LogP contribution in [0, 0.1) is 0 Å². The molecule has 0 saturated heterocycles. The molecule has 0 radical (unpaired) electrons. The summed E-state index contributed by atoms with van der Waals surface area (Å²) in [6.07, 6.45) is 1.96. The van der Waals surface area contributed by atoms with Gasteiger partial charge in [0.05, 0.1) is 7.11 Å². The van der Waals surface area contributed by atoms with Crippen LogP contribution in [0.15, 0.2) is 30.3 Å². The van der Waals surface area contributed by atoms with Crippen molar-refractivity contribution >= 4 is 11.9 Å². The van der Waals surface area contributed by atoms with E-state index in [4.69, 9.17) is 10.5 Å². The lowest BCUT2D eigenvalue weighted by atomic mass is 10.1. The van der Waals surface area contributed by atoms with E-state index in [9.17, 15) is 0 Å². The van der Waals surface area contributed by atoms with Crippen LogP contribution in [0.2, 0.25) is 0 Å². The molecule has 1 atom stereocenters. The summed E-state index contributed by atoms with van der Waals surface area (Å²) in [6.45, 7) is 2.08. The van der Waals surface area contributed by atoms with Crippen LogP contribution in [0.25, 0.3) is 0 Å². The average molecular weight is 273 g/mol. The minimum Gasteiger partial charge on any atom is -0.467 e. The number of nitrogens with zero attached hydrogens (tertiary/aromatic N) is 3. The largest absolute Gasteiger partial charge is 0.467 e. The molecule has 0 aliphatic rings. The van der Waals surface area contributed by atoms with Crippen LogP contribution < -0.4 is 15.8 Å². The normalized spacial score (nSPS) is 11.9. The Kier molecular flexibility index (Phi) is 4.70. The standard InChI is InChI=1S/C14H19N5O/c1-10(8-9-11-6-4-3-5-7-11)16-13-17-12(15)18-14(19-13)20-2/h3-7,10H,8-9H2,1-2H3,(H3,15,16,17,18,19). The number of rotatable bonds is 6. The van der Waals surface area contributed by atoms with Crippen molar-refractivity contribution < 1.29 is 4.74 Å². The number of nitrogens with one attached hydrogen (secondary N) is 1. The Labute approximate surface area is 118 Å². The van der Waals surface area contributed by atoms with Crippen molar-refractivity contribution in [1.82, 2.24) is 15.0 Å². The number of benzene rings is 1. The highest BCUT2D eigenvalue weighted by atomic mass is 16.5. The van der Waals surface area contributed by atoms with E-state index in [1.165, 1.54) is 12.7 Å². The topological polar surface area (TPSA) is 86.0 Å². The molecule has 0 spiro atoms. The fourth-order valence-electron chi connectivity index (χ4n) is 1.85. The Morgan fingerprint density at radius 2 is 1.95 bits per heavy atom. The number of aryl methyl sites for hydroxylation is 1. The van der Waals surface area contributed by atoms with Gasteiger partial charge in [0.2, 0.25) is 11.9 Å². The minimum absolute atomic E-state index is 0.148. The van der Waals surface area contributed by atoms with E-state index in [1.54, 1.807) is 0 Å². The molecule has 0 aliphatic carbocycles. The predicted molar refractivity (Wildman–Crippen MR) is 78.6 cm³/mol.